The van der Waals surface area contributed by atoms with Gasteiger partial charge in [0.1, 0.15) is 28.7 Å². The highest BCUT2D eigenvalue weighted by Crippen LogP contribution is 2.31. The van der Waals surface area contributed by atoms with Crippen LogP contribution >= 0.6 is 11.6 Å². The average molecular weight is 498 g/mol. The number of rotatable bonds is 6. The van der Waals surface area contributed by atoms with E-state index < -0.39 is 15.9 Å². The summed E-state index contributed by atoms with van der Waals surface area (Å²) in [5.74, 6) is 0.494. The van der Waals surface area contributed by atoms with Crippen LogP contribution in [0.1, 0.15) is 27.6 Å². The Morgan fingerprint density at radius 2 is 1.71 bits per heavy atom. The number of hydrogen-bond donors (Lipinski definition) is 2. The van der Waals surface area contributed by atoms with Crippen LogP contribution in [0.25, 0.3) is 11.3 Å². The van der Waals surface area contributed by atoms with Gasteiger partial charge in [-0.05, 0) is 51.1 Å². The van der Waals surface area contributed by atoms with Crippen LogP contribution in [0.4, 0.5) is 11.5 Å². The molecule has 2 N–H and O–H groups in total. The van der Waals surface area contributed by atoms with Crippen molar-refractivity contribution in [1.29, 1.82) is 0 Å². The average Bonchev–Trinajstić information content (AvgIpc) is 3.14. The molecule has 2 heterocycles. The van der Waals surface area contributed by atoms with Crippen molar-refractivity contribution in [3.8, 4) is 11.3 Å². The van der Waals surface area contributed by atoms with Gasteiger partial charge in [-0.3, -0.25) is 9.52 Å². The minimum atomic E-state index is -3.88. The van der Waals surface area contributed by atoms with Gasteiger partial charge in [0, 0.05) is 23.0 Å². The summed E-state index contributed by atoms with van der Waals surface area (Å²) in [5.41, 5.74) is 2.15. The molecule has 9 nitrogen and oxygen atoms in total. The molecule has 2 aromatic carbocycles. The van der Waals surface area contributed by atoms with Crippen molar-refractivity contribution < 1.29 is 17.7 Å². The van der Waals surface area contributed by atoms with Crippen LogP contribution in [-0.2, 0) is 10.0 Å². The van der Waals surface area contributed by atoms with E-state index in [-0.39, 0.29) is 16.3 Å². The Morgan fingerprint density at radius 1 is 1.00 bits per heavy atom. The number of aromatic nitrogens is 3. The van der Waals surface area contributed by atoms with E-state index >= 15 is 0 Å². The maximum absolute atomic E-state index is 13.0. The molecule has 0 saturated heterocycles. The van der Waals surface area contributed by atoms with Crippen LogP contribution in [0.2, 0.25) is 5.02 Å². The Bertz CT molecular complexity index is 1460. The molecule has 1 amide bonds. The molecule has 0 radical (unpaired) electrons. The van der Waals surface area contributed by atoms with Crippen LogP contribution in [0.3, 0.4) is 0 Å². The Balaban J connectivity index is 1.54. The lowest BCUT2D eigenvalue weighted by molar-refractivity contribution is 0.102. The molecule has 34 heavy (non-hydrogen) atoms. The van der Waals surface area contributed by atoms with Gasteiger partial charge in [-0.2, -0.15) is 0 Å². The standard InChI is InChI=1S/C23H20ClN5O4S/c1-13-12-20(26-15(3)25-13)29-34(31,32)17-10-8-16(9-11-17)27-23(30)21-14(2)33-28-22(21)18-6-4-5-7-19(18)24/h4-12H,1-3H3,(H,27,30)(H,25,26,29). The summed E-state index contributed by atoms with van der Waals surface area (Å²) in [4.78, 5) is 21.2. The smallest absolute Gasteiger partial charge is 0.263 e. The lowest BCUT2D eigenvalue weighted by atomic mass is 10.1. The van der Waals surface area contributed by atoms with Crippen molar-refractivity contribution in [2.24, 2.45) is 0 Å². The Morgan fingerprint density at radius 3 is 2.38 bits per heavy atom. The molecule has 0 bridgehead atoms. The highest BCUT2D eigenvalue weighted by Gasteiger charge is 2.23. The lowest BCUT2D eigenvalue weighted by Crippen LogP contribution is -2.16. The highest BCUT2D eigenvalue weighted by molar-refractivity contribution is 7.92. The second-order valence-corrected chi connectivity index (χ2v) is 9.56. The van der Waals surface area contributed by atoms with Gasteiger partial charge in [-0.15, -0.1) is 0 Å². The van der Waals surface area contributed by atoms with E-state index in [2.05, 4.69) is 25.2 Å². The maximum Gasteiger partial charge on any atom is 0.263 e. The SMILES string of the molecule is Cc1cc(NS(=O)(=O)c2ccc(NC(=O)c3c(-c4ccccc4Cl)noc3C)cc2)nc(C)n1. The van der Waals surface area contributed by atoms with Gasteiger partial charge in [0.15, 0.2) is 0 Å². The fraction of sp³-hybridized carbons (Fsp3) is 0.130. The number of nitrogens with zero attached hydrogens (tertiary/aromatic N) is 3. The zero-order chi connectivity index (χ0) is 24.5. The summed E-state index contributed by atoms with van der Waals surface area (Å²) in [6.45, 7) is 5.05. The first kappa shape index (κ1) is 23.4. The van der Waals surface area contributed by atoms with Gasteiger partial charge in [0.2, 0.25) is 0 Å². The number of hydrogen-bond acceptors (Lipinski definition) is 7. The van der Waals surface area contributed by atoms with Crippen molar-refractivity contribution >= 4 is 39.0 Å². The van der Waals surface area contributed by atoms with Crippen molar-refractivity contribution in [2.45, 2.75) is 25.7 Å². The van der Waals surface area contributed by atoms with Gasteiger partial charge in [0.05, 0.1) is 9.92 Å². The molecule has 0 fully saturated rings. The summed E-state index contributed by atoms with van der Waals surface area (Å²) in [5, 5.41) is 7.16. The van der Waals surface area contributed by atoms with E-state index in [4.69, 9.17) is 16.1 Å². The third-order valence-electron chi connectivity index (χ3n) is 4.85. The molecule has 0 saturated carbocycles. The number of aryl methyl sites for hydroxylation is 3. The zero-order valence-electron chi connectivity index (χ0n) is 18.5. The van der Waals surface area contributed by atoms with Crippen molar-refractivity contribution in [3.05, 3.63) is 82.5 Å². The van der Waals surface area contributed by atoms with E-state index in [1.165, 1.54) is 30.3 Å². The van der Waals surface area contributed by atoms with Gasteiger partial charge in [0.25, 0.3) is 15.9 Å². The number of nitrogens with one attached hydrogen (secondary N) is 2. The Kier molecular flexibility index (Phi) is 6.36. The topological polar surface area (TPSA) is 127 Å². The second-order valence-electron chi connectivity index (χ2n) is 7.47. The van der Waals surface area contributed by atoms with Crippen LogP contribution < -0.4 is 10.0 Å². The van der Waals surface area contributed by atoms with E-state index in [1.807, 2.05) is 0 Å². The predicted octanol–water partition coefficient (Wildman–Crippen LogP) is 4.76. The van der Waals surface area contributed by atoms with Crippen LogP contribution in [0.5, 0.6) is 0 Å². The number of anilines is 2. The molecule has 2 aromatic heterocycles. The molecule has 0 aliphatic carbocycles. The second kappa shape index (κ2) is 9.24. The summed E-state index contributed by atoms with van der Waals surface area (Å²) >= 11 is 6.26. The number of carbonyl (C=O) groups excluding carboxylic acids is 1. The molecule has 11 heteroatoms. The first-order chi connectivity index (χ1) is 16.1. The predicted molar refractivity (Wildman–Crippen MR) is 128 cm³/mol. The first-order valence-electron chi connectivity index (χ1n) is 10.1. The first-order valence-corrected chi connectivity index (χ1v) is 12.0. The third kappa shape index (κ3) is 4.92. The monoisotopic (exact) mass is 497 g/mol. The van der Waals surface area contributed by atoms with E-state index in [0.29, 0.717) is 39.2 Å². The molecular weight excluding hydrogens is 478 g/mol. The quantitative estimate of drug-likeness (QED) is 0.393. The molecular formula is C23H20ClN5O4S. The normalized spacial score (nSPS) is 11.3. The summed E-state index contributed by atoms with van der Waals surface area (Å²) in [6.07, 6.45) is 0. The van der Waals surface area contributed by atoms with Crippen molar-refractivity contribution in [2.75, 3.05) is 10.0 Å². The Hall–Kier alpha value is -3.76. The minimum Gasteiger partial charge on any atom is -0.360 e. The van der Waals surface area contributed by atoms with E-state index in [9.17, 15) is 13.2 Å². The van der Waals surface area contributed by atoms with E-state index in [1.54, 1.807) is 45.0 Å². The molecule has 0 aliphatic rings. The van der Waals surface area contributed by atoms with Crippen molar-refractivity contribution in [3.63, 3.8) is 0 Å². The summed E-state index contributed by atoms with van der Waals surface area (Å²) in [7, 11) is -3.88. The van der Waals surface area contributed by atoms with E-state index in [0.717, 1.165) is 0 Å². The number of amides is 1. The fourth-order valence-corrected chi connectivity index (χ4v) is 4.57. The largest absolute Gasteiger partial charge is 0.360 e. The number of benzene rings is 2. The van der Waals surface area contributed by atoms with Crippen LogP contribution in [-0.4, -0.2) is 29.4 Å². The number of sulfonamides is 1. The van der Waals surface area contributed by atoms with Crippen LogP contribution in [0.15, 0.2) is 64.0 Å². The zero-order valence-corrected chi connectivity index (χ0v) is 20.0. The van der Waals surface area contributed by atoms with Crippen LogP contribution in [0, 0.1) is 20.8 Å². The molecule has 0 spiro atoms. The minimum absolute atomic E-state index is 0.0114. The summed E-state index contributed by atoms with van der Waals surface area (Å²) in [6, 6.07) is 14.3. The summed E-state index contributed by atoms with van der Waals surface area (Å²) < 4.78 is 33.1. The Labute approximate surface area is 201 Å². The molecule has 0 aliphatic heterocycles. The van der Waals surface area contributed by atoms with Crippen molar-refractivity contribution in [1.82, 2.24) is 15.1 Å². The molecule has 4 rings (SSSR count). The highest BCUT2D eigenvalue weighted by atomic mass is 35.5. The van der Waals surface area contributed by atoms with Gasteiger partial charge < -0.3 is 9.84 Å². The lowest BCUT2D eigenvalue weighted by Gasteiger charge is -2.10. The third-order valence-corrected chi connectivity index (χ3v) is 6.55. The maximum atomic E-state index is 13.0. The number of halogens is 1. The molecule has 174 valence electrons. The van der Waals surface area contributed by atoms with Gasteiger partial charge in [-0.25, -0.2) is 18.4 Å². The molecule has 0 atom stereocenters. The van der Waals surface area contributed by atoms with Gasteiger partial charge in [-0.1, -0.05) is 35.0 Å². The van der Waals surface area contributed by atoms with Gasteiger partial charge >= 0.3 is 0 Å². The molecule has 4 aromatic rings. The fourth-order valence-electron chi connectivity index (χ4n) is 3.35. The molecule has 0 unspecified atom stereocenters. The number of carbonyl (C=O) groups is 1.